The molecule has 3 heteroatoms. The maximum atomic E-state index is 6.20. The highest BCUT2D eigenvalue weighted by Crippen LogP contribution is 2.09. The van der Waals surface area contributed by atoms with Crippen molar-refractivity contribution in [3.8, 4) is 0 Å². The first-order valence-electron chi connectivity index (χ1n) is 6.23. The van der Waals surface area contributed by atoms with Crippen LogP contribution in [0.4, 0.5) is 0 Å². The third-order valence-corrected chi connectivity index (χ3v) is 3.65. The molecule has 2 nitrogen and oxygen atoms in total. The second-order valence-corrected chi connectivity index (χ2v) is 5.56. The van der Waals surface area contributed by atoms with E-state index in [-0.39, 0.29) is 6.04 Å². The Morgan fingerprint density at radius 3 is 2.61 bits per heavy atom. The van der Waals surface area contributed by atoms with E-state index < -0.39 is 0 Å². The van der Waals surface area contributed by atoms with Gasteiger partial charge in [0.1, 0.15) is 0 Å². The third-order valence-electron chi connectivity index (χ3n) is 2.92. The molecular weight excluding hydrogens is 240 g/mol. The summed E-state index contributed by atoms with van der Waals surface area (Å²) in [5.41, 5.74) is 8.88. The number of hydrogen-bond donors (Lipinski definition) is 1. The molecule has 2 N–H and O–H groups in total. The van der Waals surface area contributed by atoms with Crippen LogP contribution in [0.2, 0.25) is 0 Å². The Morgan fingerprint density at radius 2 is 1.94 bits per heavy atom. The van der Waals surface area contributed by atoms with Crippen molar-refractivity contribution in [1.82, 2.24) is 4.90 Å². The van der Waals surface area contributed by atoms with Crippen molar-refractivity contribution in [2.45, 2.75) is 19.0 Å². The molecule has 18 heavy (non-hydrogen) atoms. The Morgan fingerprint density at radius 1 is 1.17 bits per heavy atom. The van der Waals surface area contributed by atoms with Gasteiger partial charge in [-0.15, -0.1) is 0 Å². The minimum atomic E-state index is 0.191. The van der Waals surface area contributed by atoms with E-state index in [0.717, 1.165) is 19.5 Å². The molecule has 2 aromatic rings. The topological polar surface area (TPSA) is 29.3 Å². The maximum absolute atomic E-state index is 6.20. The van der Waals surface area contributed by atoms with Crippen molar-refractivity contribution in [1.29, 1.82) is 0 Å². The van der Waals surface area contributed by atoms with Gasteiger partial charge in [0.25, 0.3) is 0 Å². The van der Waals surface area contributed by atoms with Gasteiger partial charge in [-0.05, 0) is 41.4 Å². The van der Waals surface area contributed by atoms with Crippen LogP contribution < -0.4 is 5.73 Å². The minimum Gasteiger partial charge on any atom is -0.326 e. The summed E-state index contributed by atoms with van der Waals surface area (Å²) in [6.07, 6.45) is 0.939. The molecule has 0 spiro atoms. The normalized spacial score (nSPS) is 12.8. The highest BCUT2D eigenvalue weighted by Gasteiger charge is 2.08. The highest BCUT2D eigenvalue weighted by molar-refractivity contribution is 7.07. The first kappa shape index (κ1) is 13.3. The van der Waals surface area contributed by atoms with Crippen LogP contribution in [0.15, 0.2) is 47.2 Å². The SMILES string of the molecule is CN(Cc1ccsc1)CC(N)Cc1ccccc1. The van der Waals surface area contributed by atoms with Crippen LogP contribution in [0, 0.1) is 0 Å². The molecule has 1 unspecified atom stereocenters. The number of likely N-dealkylation sites (N-methyl/N-ethyl adjacent to an activating group) is 1. The number of benzene rings is 1. The second-order valence-electron chi connectivity index (χ2n) is 4.78. The molecule has 0 amide bonds. The summed E-state index contributed by atoms with van der Waals surface area (Å²) in [6, 6.07) is 12.8. The van der Waals surface area contributed by atoms with Gasteiger partial charge in [-0.3, -0.25) is 0 Å². The number of rotatable bonds is 6. The lowest BCUT2D eigenvalue weighted by Gasteiger charge is -2.20. The van der Waals surface area contributed by atoms with E-state index >= 15 is 0 Å². The van der Waals surface area contributed by atoms with Crippen molar-refractivity contribution in [3.05, 3.63) is 58.3 Å². The van der Waals surface area contributed by atoms with E-state index in [1.807, 2.05) is 6.07 Å². The summed E-state index contributed by atoms with van der Waals surface area (Å²) in [7, 11) is 2.13. The molecule has 0 aliphatic heterocycles. The Balaban J connectivity index is 1.78. The summed E-state index contributed by atoms with van der Waals surface area (Å²) in [6.45, 7) is 1.90. The molecule has 0 radical (unpaired) electrons. The van der Waals surface area contributed by atoms with Gasteiger partial charge in [0.2, 0.25) is 0 Å². The fourth-order valence-corrected chi connectivity index (χ4v) is 2.80. The summed E-state index contributed by atoms with van der Waals surface area (Å²) in [5.74, 6) is 0. The predicted octanol–water partition coefficient (Wildman–Crippen LogP) is 2.75. The number of nitrogens with two attached hydrogens (primary N) is 1. The van der Waals surface area contributed by atoms with Crippen molar-refractivity contribution >= 4 is 11.3 Å². The van der Waals surface area contributed by atoms with Crippen LogP contribution in [0.5, 0.6) is 0 Å². The molecule has 1 aromatic heterocycles. The Bertz CT molecular complexity index is 439. The third kappa shape index (κ3) is 4.26. The van der Waals surface area contributed by atoms with E-state index in [9.17, 15) is 0 Å². The lowest BCUT2D eigenvalue weighted by molar-refractivity contribution is 0.303. The Labute approximate surface area is 113 Å². The van der Waals surface area contributed by atoms with E-state index in [1.165, 1.54) is 11.1 Å². The number of nitrogens with zero attached hydrogens (tertiary/aromatic N) is 1. The van der Waals surface area contributed by atoms with Crippen LogP contribution in [0.3, 0.4) is 0 Å². The molecule has 0 saturated carbocycles. The predicted molar refractivity (Wildman–Crippen MR) is 78.8 cm³/mol. The molecule has 96 valence electrons. The minimum absolute atomic E-state index is 0.191. The summed E-state index contributed by atoms with van der Waals surface area (Å²) in [5, 5.41) is 4.31. The summed E-state index contributed by atoms with van der Waals surface area (Å²) >= 11 is 1.75. The molecule has 0 aliphatic rings. The Hall–Kier alpha value is -1.16. The molecule has 1 atom stereocenters. The first-order valence-corrected chi connectivity index (χ1v) is 7.17. The van der Waals surface area contributed by atoms with E-state index in [4.69, 9.17) is 5.73 Å². The van der Waals surface area contributed by atoms with Crippen molar-refractivity contribution in [3.63, 3.8) is 0 Å². The van der Waals surface area contributed by atoms with Crippen molar-refractivity contribution < 1.29 is 0 Å². The molecule has 0 bridgehead atoms. The van der Waals surface area contributed by atoms with Gasteiger partial charge in [0.05, 0.1) is 0 Å². The Kier molecular flexibility index (Phi) is 4.93. The van der Waals surface area contributed by atoms with Gasteiger partial charge in [-0.25, -0.2) is 0 Å². The molecule has 2 rings (SSSR count). The van der Waals surface area contributed by atoms with Crippen LogP contribution in [0.1, 0.15) is 11.1 Å². The van der Waals surface area contributed by atoms with Gasteiger partial charge in [-0.2, -0.15) is 11.3 Å². The van der Waals surface area contributed by atoms with Crippen LogP contribution in [0.25, 0.3) is 0 Å². The molecule has 1 heterocycles. The van der Waals surface area contributed by atoms with Crippen LogP contribution >= 0.6 is 11.3 Å². The largest absolute Gasteiger partial charge is 0.326 e. The monoisotopic (exact) mass is 260 g/mol. The first-order chi connectivity index (χ1) is 8.74. The average Bonchev–Trinajstić information content (AvgIpc) is 2.82. The smallest absolute Gasteiger partial charge is 0.0239 e. The van der Waals surface area contributed by atoms with Crippen LogP contribution in [-0.4, -0.2) is 24.5 Å². The lowest BCUT2D eigenvalue weighted by atomic mass is 10.1. The fraction of sp³-hybridized carbons (Fsp3) is 0.333. The van der Waals surface area contributed by atoms with Gasteiger partial charge in [0.15, 0.2) is 0 Å². The fourth-order valence-electron chi connectivity index (χ4n) is 2.14. The van der Waals surface area contributed by atoms with E-state index in [2.05, 4.69) is 53.0 Å². The zero-order chi connectivity index (χ0) is 12.8. The quantitative estimate of drug-likeness (QED) is 0.865. The van der Waals surface area contributed by atoms with Gasteiger partial charge < -0.3 is 10.6 Å². The summed E-state index contributed by atoms with van der Waals surface area (Å²) < 4.78 is 0. The average molecular weight is 260 g/mol. The zero-order valence-corrected chi connectivity index (χ0v) is 11.6. The van der Waals surface area contributed by atoms with Gasteiger partial charge >= 0.3 is 0 Å². The highest BCUT2D eigenvalue weighted by atomic mass is 32.1. The van der Waals surface area contributed by atoms with E-state index in [1.54, 1.807) is 11.3 Å². The molecular formula is C15H20N2S. The van der Waals surface area contributed by atoms with Crippen molar-refractivity contribution in [2.75, 3.05) is 13.6 Å². The molecule has 0 aliphatic carbocycles. The van der Waals surface area contributed by atoms with E-state index in [0.29, 0.717) is 0 Å². The molecule has 0 saturated heterocycles. The number of hydrogen-bond acceptors (Lipinski definition) is 3. The summed E-state index contributed by atoms with van der Waals surface area (Å²) in [4.78, 5) is 2.29. The standard InChI is InChI=1S/C15H20N2S/c1-17(10-14-7-8-18-12-14)11-15(16)9-13-5-3-2-4-6-13/h2-8,12,15H,9-11,16H2,1H3. The lowest BCUT2D eigenvalue weighted by Crippen LogP contribution is -2.36. The van der Waals surface area contributed by atoms with Gasteiger partial charge in [0, 0.05) is 19.1 Å². The second kappa shape index (κ2) is 6.69. The number of thiophene rings is 1. The van der Waals surface area contributed by atoms with Crippen molar-refractivity contribution in [2.24, 2.45) is 5.73 Å². The zero-order valence-electron chi connectivity index (χ0n) is 10.8. The van der Waals surface area contributed by atoms with Gasteiger partial charge in [-0.1, -0.05) is 30.3 Å². The maximum Gasteiger partial charge on any atom is 0.0239 e. The molecule has 1 aromatic carbocycles. The van der Waals surface area contributed by atoms with Crippen LogP contribution in [-0.2, 0) is 13.0 Å². The molecule has 0 fully saturated rings.